The normalized spacial score (nSPS) is 17.1. The SMILES string of the molecule is COc1ccccc1N1CCN(c2ccc(NC(=O)c3cccc(Br)c3)cc2C(=O)NCC2CCCO2)CC1. The van der Waals surface area contributed by atoms with Crippen LogP contribution in [0.5, 0.6) is 5.75 Å². The minimum absolute atomic E-state index is 0.0428. The van der Waals surface area contributed by atoms with Crippen LogP contribution in [0.3, 0.4) is 0 Å². The molecule has 8 nitrogen and oxygen atoms in total. The first-order chi connectivity index (χ1) is 19.0. The highest BCUT2D eigenvalue weighted by molar-refractivity contribution is 9.10. The number of carbonyl (C=O) groups is 2. The zero-order chi connectivity index (χ0) is 27.2. The van der Waals surface area contributed by atoms with E-state index in [9.17, 15) is 9.59 Å². The summed E-state index contributed by atoms with van der Waals surface area (Å²) in [5.41, 5.74) is 3.55. The van der Waals surface area contributed by atoms with Gasteiger partial charge in [0.1, 0.15) is 5.75 Å². The summed E-state index contributed by atoms with van der Waals surface area (Å²) in [4.78, 5) is 30.9. The molecule has 0 aromatic heterocycles. The Morgan fingerprint density at radius 3 is 2.44 bits per heavy atom. The molecule has 0 bridgehead atoms. The second kappa shape index (κ2) is 12.5. The Bertz CT molecular complexity index is 1320. The number of methoxy groups -OCH3 is 1. The van der Waals surface area contributed by atoms with Gasteiger partial charge < -0.3 is 29.9 Å². The first kappa shape index (κ1) is 27.0. The summed E-state index contributed by atoms with van der Waals surface area (Å²) in [6.07, 6.45) is 2.00. The van der Waals surface area contributed by atoms with Gasteiger partial charge in [0.2, 0.25) is 0 Å². The van der Waals surface area contributed by atoms with Crippen molar-refractivity contribution in [2.75, 3.05) is 61.6 Å². The quantitative estimate of drug-likeness (QED) is 0.385. The van der Waals surface area contributed by atoms with E-state index in [1.165, 1.54) is 0 Å². The van der Waals surface area contributed by atoms with Crippen molar-refractivity contribution in [2.45, 2.75) is 18.9 Å². The van der Waals surface area contributed by atoms with Crippen molar-refractivity contribution in [3.63, 3.8) is 0 Å². The monoisotopic (exact) mass is 592 g/mol. The van der Waals surface area contributed by atoms with Gasteiger partial charge in [-0.3, -0.25) is 9.59 Å². The molecule has 9 heteroatoms. The Labute approximate surface area is 237 Å². The summed E-state index contributed by atoms with van der Waals surface area (Å²) in [6.45, 7) is 4.27. The molecule has 0 aliphatic carbocycles. The highest BCUT2D eigenvalue weighted by Gasteiger charge is 2.25. The summed E-state index contributed by atoms with van der Waals surface area (Å²) in [5.74, 6) is 0.442. The minimum atomic E-state index is -0.236. The molecule has 2 aliphatic rings. The molecule has 1 unspecified atom stereocenters. The standard InChI is InChI=1S/C30H33BrN4O4/c1-38-28-10-3-2-9-27(28)35-15-13-34(14-16-35)26-12-11-23(33-29(36)21-6-4-7-22(31)18-21)19-25(26)30(37)32-20-24-8-5-17-39-24/h2-4,6-7,9-12,18-19,24H,5,8,13-17,20H2,1H3,(H,32,37)(H,33,36). The number of amides is 2. The maximum absolute atomic E-state index is 13.4. The molecule has 2 saturated heterocycles. The molecule has 0 saturated carbocycles. The smallest absolute Gasteiger partial charge is 0.255 e. The lowest BCUT2D eigenvalue weighted by Crippen LogP contribution is -2.47. The fraction of sp³-hybridized carbons (Fsp3) is 0.333. The van der Waals surface area contributed by atoms with E-state index in [1.54, 1.807) is 25.3 Å². The number of ether oxygens (including phenoxy) is 2. The second-order valence-electron chi connectivity index (χ2n) is 9.69. The molecule has 2 N–H and O–H groups in total. The highest BCUT2D eigenvalue weighted by atomic mass is 79.9. The number of carbonyl (C=O) groups excluding carboxylic acids is 2. The summed E-state index contributed by atoms with van der Waals surface area (Å²) < 4.78 is 12.1. The molecule has 0 spiro atoms. The van der Waals surface area contributed by atoms with Crippen molar-refractivity contribution in [3.05, 3.63) is 82.3 Å². The average Bonchev–Trinajstić information content (AvgIpc) is 3.50. The van der Waals surface area contributed by atoms with Crippen LogP contribution in [0.2, 0.25) is 0 Å². The molecular weight excluding hydrogens is 560 g/mol. The van der Waals surface area contributed by atoms with Crippen molar-refractivity contribution in [2.24, 2.45) is 0 Å². The molecule has 204 valence electrons. The number of nitrogens with zero attached hydrogens (tertiary/aromatic N) is 2. The highest BCUT2D eigenvalue weighted by Crippen LogP contribution is 2.31. The number of rotatable bonds is 8. The van der Waals surface area contributed by atoms with Crippen LogP contribution in [0.15, 0.2) is 71.2 Å². The fourth-order valence-electron chi connectivity index (χ4n) is 5.09. The molecule has 0 radical (unpaired) electrons. The van der Waals surface area contributed by atoms with Gasteiger partial charge in [0, 0.05) is 60.7 Å². The van der Waals surface area contributed by atoms with E-state index < -0.39 is 0 Å². The van der Waals surface area contributed by atoms with Crippen LogP contribution in [0.4, 0.5) is 17.1 Å². The lowest BCUT2D eigenvalue weighted by atomic mass is 10.1. The molecular formula is C30H33BrN4O4. The van der Waals surface area contributed by atoms with Crippen LogP contribution in [-0.4, -0.2) is 64.4 Å². The summed E-state index contributed by atoms with van der Waals surface area (Å²) >= 11 is 3.41. The molecule has 2 heterocycles. The van der Waals surface area contributed by atoms with Gasteiger partial charge in [-0.25, -0.2) is 0 Å². The van der Waals surface area contributed by atoms with Gasteiger partial charge in [-0.2, -0.15) is 0 Å². The van der Waals surface area contributed by atoms with Gasteiger partial charge in [-0.05, 0) is 61.4 Å². The number of hydrogen-bond donors (Lipinski definition) is 2. The van der Waals surface area contributed by atoms with E-state index in [0.717, 1.165) is 67.2 Å². The predicted molar refractivity (Wildman–Crippen MR) is 157 cm³/mol. The molecule has 2 aliphatic heterocycles. The zero-order valence-corrected chi connectivity index (χ0v) is 23.6. The second-order valence-corrected chi connectivity index (χ2v) is 10.6. The first-order valence-corrected chi connectivity index (χ1v) is 14.0. The molecule has 5 rings (SSSR count). The van der Waals surface area contributed by atoms with Crippen LogP contribution in [0, 0.1) is 0 Å². The van der Waals surface area contributed by atoms with E-state index in [4.69, 9.17) is 9.47 Å². The van der Waals surface area contributed by atoms with Gasteiger partial charge >= 0.3 is 0 Å². The Morgan fingerprint density at radius 1 is 0.949 bits per heavy atom. The average molecular weight is 594 g/mol. The molecule has 3 aromatic rings. The topological polar surface area (TPSA) is 83.1 Å². The maximum atomic E-state index is 13.4. The zero-order valence-electron chi connectivity index (χ0n) is 22.0. The van der Waals surface area contributed by atoms with E-state index in [0.29, 0.717) is 23.4 Å². The van der Waals surface area contributed by atoms with Gasteiger partial charge in [-0.1, -0.05) is 34.1 Å². The fourth-order valence-corrected chi connectivity index (χ4v) is 5.49. The number of para-hydroxylation sites is 2. The first-order valence-electron chi connectivity index (χ1n) is 13.3. The molecule has 2 amide bonds. The van der Waals surface area contributed by atoms with Crippen LogP contribution in [-0.2, 0) is 4.74 Å². The van der Waals surface area contributed by atoms with Crippen LogP contribution < -0.4 is 25.2 Å². The largest absolute Gasteiger partial charge is 0.495 e. The third-order valence-electron chi connectivity index (χ3n) is 7.15. The van der Waals surface area contributed by atoms with E-state index in [2.05, 4.69) is 42.4 Å². The van der Waals surface area contributed by atoms with Crippen molar-refractivity contribution in [1.29, 1.82) is 0 Å². The van der Waals surface area contributed by atoms with E-state index >= 15 is 0 Å². The third kappa shape index (κ3) is 6.54. The summed E-state index contributed by atoms with van der Waals surface area (Å²) in [7, 11) is 1.69. The number of hydrogen-bond acceptors (Lipinski definition) is 6. The van der Waals surface area contributed by atoms with E-state index in [1.807, 2.05) is 42.5 Å². The Balaban J connectivity index is 1.34. The van der Waals surface area contributed by atoms with Crippen molar-refractivity contribution in [3.8, 4) is 5.75 Å². The molecule has 39 heavy (non-hydrogen) atoms. The molecule has 2 fully saturated rings. The number of benzene rings is 3. The number of anilines is 3. The van der Waals surface area contributed by atoms with Gasteiger partial charge in [-0.15, -0.1) is 0 Å². The Hall–Kier alpha value is -3.56. The van der Waals surface area contributed by atoms with Crippen LogP contribution >= 0.6 is 15.9 Å². The Morgan fingerprint density at radius 2 is 1.72 bits per heavy atom. The Kier molecular flexibility index (Phi) is 8.68. The molecule has 3 aromatic carbocycles. The lowest BCUT2D eigenvalue weighted by Gasteiger charge is -2.38. The van der Waals surface area contributed by atoms with Crippen LogP contribution in [0.1, 0.15) is 33.6 Å². The number of nitrogens with one attached hydrogen (secondary N) is 2. The van der Waals surface area contributed by atoms with Crippen molar-refractivity contribution < 1.29 is 19.1 Å². The van der Waals surface area contributed by atoms with Gasteiger partial charge in [0.15, 0.2) is 0 Å². The van der Waals surface area contributed by atoms with Gasteiger partial charge in [0.25, 0.3) is 11.8 Å². The van der Waals surface area contributed by atoms with Crippen molar-refractivity contribution >= 4 is 44.8 Å². The summed E-state index contributed by atoms with van der Waals surface area (Å²) in [5, 5.41) is 6.00. The molecule has 1 atom stereocenters. The van der Waals surface area contributed by atoms with Crippen LogP contribution in [0.25, 0.3) is 0 Å². The number of piperazine rings is 1. The van der Waals surface area contributed by atoms with Gasteiger partial charge in [0.05, 0.1) is 24.5 Å². The third-order valence-corrected chi connectivity index (χ3v) is 7.64. The maximum Gasteiger partial charge on any atom is 0.255 e. The predicted octanol–water partition coefficient (Wildman–Crippen LogP) is 4.95. The summed E-state index contributed by atoms with van der Waals surface area (Å²) in [6, 6.07) is 20.8. The number of halogens is 1. The lowest BCUT2D eigenvalue weighted by molar-refractivity contribution is 0.0858. The van der Waals surface area contributed by atoms with Crippen molar-refractivity contribution in [1.82, 2.24) is 5.32 Å². The van der Waals surface area contributed by atoms with E-state index in [-0.39, 0.29) is 17.9 Å². The minimum Gasteiger partial charge on any atom is -0.495 e.